The van der Waals surface area contributed by atoms with E-state index in [2.05, 4.69) is 0 Å². The summed E-state index contributed by atoms with van der Waals surface area (Å²) in [7, 11) is 0. The predicted octanol–water partition coefficient (Wildman–Crippen LogP) is 3.91. The lowest BCUT2D eigenvalue weighted by Gasteiger charge is -2.30. The average Bonchev–Trinajstić information content (AvgIpc) is 3.06. The molecule has 154 valence electrons. The van der Waals surface area contributed by atoms with Crippen molar-refractivity contribution in [1.82, 2.24) is 4.90 Å². The van der Waals surface area contributed by atoms with E-state index in [1.54, 1.807) is 17.9 Å². The Bertz CT molecular complexity index is 930. The number of benzene rings is 1. The summed E-state index contributed by atoms with van der Waals surface area (Å²) in [5, 5.41) is 1.53. The number of fused-ring (bicyclic) bond motifs is 1. The van der Waals surface area contributed by atoms with Gasteiger partial charge in [-0.25, -0.2) is 4.79 Å². The zero-order valence-electron chi connectivity index (χ0n) is 16.1. The molecule has 0 atom stereocenters. The van der Waals surface area contributed by atoms with E-state index < -0.39 is 5.97 Å². The Hall–Kier alpha value is -2.38. The molecule has 1 fully saturated rings. The first-order valence-corrected chi connectivity index (χ1v) is 10.6. The highest BCUT2D eigenvalue weighted by Gasteiger charge is 2.28. The number of ether oxygens (including phenoxy) is 2. The summed E-state index contributed by atoms with van der Waals surface area (Å²) in [4.78, 5) is 38.3. The molecule has 0 unspecified atom stereocenters. The van der Waals surface area contributed by atoms with Gasteiger partial charge in [0.1, 0.15) is 0 Å². The molecule has 0 N–H and O–H groups in total. The van der Waals surface area contributed by atoms with Gasteiger partial charge in [0, 0.05) is 34.1 Å². The number of carbonyl (C=O) groups excluding carboxylic acids is 3. The molecule has 0 bridgehead atoms. The van der Waals surface area contributed by atoms with E-state index in [0.29, 0.717) is 37.6 Å². The first-order chi connectivity index (χ1) is 14.0. The zero-order chi connectivity index (χ0) is 20.8. The Kier molecular flexibility index (Phi) is 7.28. The molecule has 1 aromatic carbocycles. The van der Waals surface area contributed by atoms with E-state index in [1.807, 2.05) is 24.3 Å². The molecule has 3 rings (SSSR count). The van der Waals surface area contributed by atoms with Gasteiger partial charge >= 0.3 is 11.9 Å². The van der Waals surface area contributed by atoms with E-state index >= 15 is 0 Å². The van der Waals surface area contributed by atoms with Gasteiger partial charge in [-0.1, -0.05) is 29.8 Å². The van der Waals surface area contributed by atoms with Crippen molar-refractivity contribution < 1.29 is 23.9 Å². The molecule has 2 heterocycles. The van der Waals surface area contributed by atoms with Crippen molar-refractivity contribution in [2.24, 2.45) is 5.92 Å². The monoisotopic (exact) mass is 435 g/mol. The van der Waals surface area contributed by atoms with Gasteiger partial charge in [-0.05, 0) is 31.9 Å². The summed E-state index contributed by atoms with van der Waals surface area (Å²) in [5.41, 5.74) is 0. The smallest absolute Gasteiger partial charge is 0.331 e. The Balaban J connectivity index is 1.46. The fourth-order valence-electron chi connectivity index (χ4n) is 3.18. The molecule has 1 saturated heterocycles. The van der Waals surface area contributed by atoms with Crippen molar-refractivity contribution in [1.29, 1.82) is 0 Å². The third kappa shape index (κ3) is 5.36. The number of esters is 2. The van der Waals surface area contributed by atoms with E-state index in [0.717, 1.165) is 15.0 Å². The zero-order valence-corrected chi connectivity index (χ0v) is 17.6. The topological polar surface area (TPSA) is 72.9 Å². The van der Waals surface area contributed by atoms with Crippen LogP contribution in [-0.2, 0) is 23.9 Å². The molecule has 1 amide bonds. The molecule has 0 saturated carbocycles. The number of carbonyl (C=O) groups is 3. The lowest BCUT2D eigenvalue weighted by molar-refractivity contribution is -0.153. The van der Waals surface area contributed by atoms with Crippen LogP contribution in [0.2, 0.25) is 5.02 Å². The summed E-state index contributed by atoms with van der Waals surface area (Å²) in [6.45, 7) is 2.70. The van der Waals surface area contributed by atoms with Crippen LogP contribution in [0.15, 0.2) is 30.3 Å². The average molecular weight is 436 g/mol. The van der Waals surface area contributed by atoms with Gasteiger partial charge in [0.05, 0.1) is 17.5 Å². The van der Waals surface area contributed by atoms with E-state index in [4.69, 9.17) is 21.1 Å². The van der Waals surface area contributed by atoms with Gasteiger partial charge in [0.2, 0.25) is 0 Å². The predicted molar refractivity (Wildman–Crippen MR) is 113 cm³/mol. The molecular weight excluding hydrogens is 414 g/mol. The van der Waals surface area contributed by atoms with Crippen molar-refractivity contribution in [2.45, 2.75) is 19.8 Å². The number of rotatable bonds is 6. The van der Waals surface area contributed by atoms with Crippen molar-refractivity contribution in [3.05, 3.63) is 40.2 Å². The second kappa shape index (κ2) is 9.89. The van der Waals surface area contributed by atoms with E-state index in [9.17, 15) is 14.4 Å². The molecule has 8 heteroatoms. The molecular formula is C21H22ClNO5S. The van der Waals surface area contributed by atoms with Crippen LogP contribution in [0.5, 0.6) is 0 Å². The quantitative estimate of drug-likeness (QED) is 0.508. The van der Waals surface area contributed by atoms with Crippen molar-refractivity contribution in [3.8, 4) is 0 Å². The second-order valence-electron chi connectivity index (χ2n) is 6.62. The van der Waals surface area contributed by atoms with Gasteiger partial charge in [0.25, 0.3) is 5.91 Å². The number of nitrogens with zero attached hydrogens (tertiary/aromatic N) is 1. The molecule has 1 aliphatic rings. The van der Waals surface area contributed by atoms with Crippen LogP contribution in [-0.4, -0.2) is 49.0 Å². The summed E-state index contributed by atoms with van der Waals surface area (Å²) in [6, 6.07) is 7.72. The first kappa shape index (κ1) is 21.3. The van der Waals surface area contributed by atoms with E-state index in [1.165, 1.54) is 17.4 Å². The highest BCUT2D eigenvalue weighted by atomic mass is 35.5. The summed E-state index contributed by atoms with van der Waals surface area (Å²) >= 11 is 7.82. The number of hydrogen-bond acceptors (Lipinski definition) is 6. The van der Waals surface area contributed by atoms with Crippen LogP contribution in [0, 0.1) is 5.92 Å². The van der Waals surface area contributed by atoms with Gasteiger partial charge < -0.3 is 14.4 Å². The first-order valence-electron chi connectivity index (χ1n) is 9.46. The minimum absolute atomic E-state index is 0.171. The maximum absolute atomic E-state index is 12.2. The van der Waals surface area contributed by atoms with Gasteiger partial charge in [-0.15, -0.1) is 11.3 Å². The fraction of sp³-hybridized carbons (Fsp3) is 0.381. The maximum atomic E-state index is 12.2. The van der Waals surface area contributed by atoms with Crippen LogP contribution in [0.4, 0.5) is 0 Å². The lowest BCUT2D eigenvalue weighted by Crippen LogP contribution is -2.42. The maximum Gasteiger partial charge on any atom is 0.331 e. The van der Waals surface area contributed by atoms with Crippen molar-refractivity contribution in [2.75, 3.05) is 26.3 Å². The molecule has 0 aliphatic carbocycles. The van der Waals surface area contributed by atoms with E-state index in [-0.39, 0.29) is 24.4 Å². The largest absolute Gasteiger partial charge is 0.466 e. The summed E-state index contributed by atoms with van der Waals surface area (Å²) < 4.78 is 11.1. The molecule has 6 nitrogen and oxygen atoms in total. The highest BCUT2D eigenvalue weighted by molar-refractivity contribution is 7.20. The van der Waals surface area contributed by atoms with Crippen molar-refractivity contribution >= 4 is 56.9 Å². The van der Waals surface area contributed by atoms with Crippen LogP contribution in [0.3, 0.4) is 0 Å². The third-order valence-corrected chi connectivity index (χ3v) is 6.39. The molecule has 0 spiro atoms. The minimum atomic E-state index is -0.603. The van der Waals surface area contributed by atoms with Crippen LogP contribution in [0.1, 0.15) is 24.6 Å². The van der Waals surface area contributed by atoms with Crippen LogP contribution >= 0.6 is 22.9 Å². The summed E-state index contributed by atoms with van der Waals surface area (Å²) in [6.07, 6.45) is 3.99. The third-order valence-electron chi connectivity index (χ3n) is 4.74. The normalized spacial score (nSPS) is 15.0. The number of halogens is 1. The van der Waals surface area contributed by atoms with Gasteiger partial charge in [-0.3, -0.25) is 9.59 Å². The van der Waals surface area contributed by atoms with Gasteiger partial charge in [-0.2, -0.15) is 0 Å². The molecule has 1 aromatic heterocycles. The SMILES string of the molecule is CCOC(=O)C1CCN(C(=O)COC(=O)/C=C/c2sc3ccccc3c2Cl)CC1. The number of amides is 1. The second-order valence-corrected chi connectivity index (χ2v) is 8.09. The van der Waals surface area contributed by atoms with Crippen LogP contribution < -0.4 is 0 Å². The van der Waals surface area contributed by atoms with Crippen molar-refractivity contribution in [3.63, 3.8) is 0 Å². The Morgan fingerprint density at radius 1 is 1.21 bits per heavy atom. The fourth-order valence-corrected chi connectivity index (χ4v) is 4.58. The molecule has 29 heavy (non-hydrogen) atoms. The molecule has 1 aliphatic heterocycles. The number of likely N-dealkylation sites (tertiary alicyclic amines) is 1. The molecule has 2 aromatic rings. The standard InChI is InChI=1S/C21H22ClNO5S/c1-2-27-21(26)14-9-11-23(12-10-14)18(24)13-28-19(25)8-7-17-20(22)15-5-3-4-6-16(15)29-17/h3-8,14H,2,9-13H2,1H3/b8-7+. The number of hydrogen-bond donors (Lipinski definition) is 0. The number of piperidine rings is 1. The van der Waals surface area contributed by atoms with Gasteiger partial charge in [0.15, 0.2) is 6.61 Å². The highest BCUT2D eigenvalue weighted by Crippen LogP contribution is 2.35. The Morgan fingerprint density at radius 3 is 2.62 bits per heavy atom. The number of thiophene rings is 1. The molecule has 0 radical (unpaired) electrons. The Labute approximate surface area is 178 Å². The Morgan fingerprint density at radius 2 is 1.93 bits per heavy atom. The lowest BCUT2D eigenvalue weighted by atomic mass is 9.97. The summed E-state index contributed by atoms with van der Waals surface area (Å²) in [5.74, 6) is -1.26. The van der Waals surface area contributed by atoms with Crippen LogP contribution in [0.25, 0.3) is 16.2 Å². The minimum Gasteiger partial charge on any atom is -0.466 e.